The lowest BCUT2D eigenvalue weighted by Crippen LogP contribution is -2.44. The molecule has 0 radical (unpaired) electrons. The van der Waals surface area contributed by atoms with Gasteiger partial charge < -0.3 is 24.6 Å². The SMILES string of the molecule is CCOc1cc(C2=CC(=O)N3C=C(N4CCNCC4)C=CC3P2)ccc1OC. The second-order valence-corrected chi connectivity index (χ2v) is 8.26. The van der Waals surface area contributed by atoms with E-state index in [1.807, 2.05) is 36.2 Å². The van der Waals surface area contributed by atoms with E-state index >= 15 is 0 Å². The van der Waals surface area contributed by atoms with Gasteiger partial charge in [-0.25, -0.2) is 0 Å². The molecule has 148 valence electrons. The zero-order chi connectivity index (χ0) is 19.5. The third kappa shape index (κ3) is 3.80. The van der Waals surface area contributed by atoms with Gasteiger partial charge >= 0.3 is 0 Å². The van der Waals surface area contributed by atoms with Crippen LogP contribution in [0.3, 0.4) is 0 Å². The third-order valence-corrected chi connectivity index (χ3v) is 6.61. The lowest BCUT2D eigenvalue weighted by atomic mass is 10.1. The van der Waals surface area contributed by atoms with Gasteiger partial charge in [0.15, 0.2) is 11.5 Å². The molecule has 1 N–H and O–H groups in total. The number of carbonyl (C=O) groups excluding carboxylic acids is 1. The molecule has 1 aromatic rings. The van der Waals surface area contributed by atoms with Gasteiger partial charge in [-0.15, -0.1) is 0 Å². The predicted octanol–water partition coefficient (Wildman–Crippen LogP) is 2.60. The summed E-state index contributed by atoms with van der Waals surface area (Å²) in [6.07, 6.45) is 8.10. The van der Waals surface area contributed by atoms with Crippen molar-refractivity contribution in [2.75, 3.05) is 39.9 Å². The fourth-order valence-corrected chi connectivity index (χ4v) is 5.04. The largest absolute Gasteiger partial charge is 0.493 e. The molecule has 1 fully saturated rings. The number of carbonyl (C=O) groups is 1. The first-order valence-corrected chi connectivity index (χ1v) is 10.7. The number of rotatable bonds is 5. The number of piperazine rings is 1. The average Bonchev–Trinajstić information content (AvgIpc) is 2.74. The normalized spacial score (nSPS) is 22.6. The van der Waals surface area contributed by atoms with E-state index in [1.165, 1.54) is 0 Å². The van der Waals surface area contributed by atoms with Crippen LogP contribution in [0.25, 0.3) is 5.31 Å². The number of amides is 1. The van der Waals surface area contributed by atoms with Gasteiger partial charge in [0.2, 0.25) is 0 Å². The maximum Gasteiger partial charge on any atom is 0.252 e. The minimum atomic E-state index is 0.0320. The molecule has 3 aliphatic heterocycles. The first kappa shape index (κ1) is 19.0. The molecule has 0 aromatic heterocycles. The van der Waals surface area contributed by atoms with E-state index < -0.39 is 0 Å². The summed E-state index contributed by atoms with van der Waals surface area (Å²) in [5.74, 6) is 1.53. The monoisotopic (exact) mass is 399 g/mol. The molecule has 6 nitrogen and oxygen atoms in total. The minimum Gasteiger partial charge on any atom is -0.493 e. The lowest BCUT2D eigenvalue weighted by Gasteiger charge is -2.37. The van der Waals surface area contributed by atoms with Crippen LogP contribution < -0.4 is 14.8 Å². The molecule has 1 amide bonds. The van der Waals surface area contributed by atoms with Crippen molar-refractivity contribution in [1.29, 1.82) is 0 Å². The number of fused-ring (bicyclic) bond motifs is 1. The van der Waals surface area contributed by atoms with Crippen molar-refractivity contribution >= 4 is 19.8 Å². The number of benzene rings is 1. The van der Waals surface area contributed by atoms with Crippen molar-refractivity contribution in [2.45, 2.75) is 12.7 Å². The second-order valence-electron chi connectivity index (χ2n) is 6.84. The molecule has 0 bridgehead atoms. The van der Waals surface area contributed by atoms with Crippen LogP contribution in [-0.4, -0.2) is 61.4 Å². The van der Waals surface area contributed by atoms with Gasteiger partial charge in [-0.3, -0.25) is 4.79 Å². The topological polar surface area (TPSA) is 54.0 Å². The molecule has 3 aliphatic rings. The Bertz CT molecular complexity index is 843. The van der Waals surface area contributed by atoms with Gasteiger partial charge in [-0.2, -0.15) is 0 Å². The van der Waals surface area contributed by atoms with Crippen molar-refractivity contribution in [1.82, 2.24) is 15.1 Å². The maximum absolute atomic E-state index is 12.9. The third-order valence-electron chi connectivity index (χ3n) is 5.10. The number of hydrogen-bond acceptors (Lipinski definition) is 5. The van der Waals surface area contributed by atoms with Crippen LogP contribution in [0.5, 0.6) is 11.5 Å². The van der Waals surface area contributed by atoms with E-state index in [-0.39, 0.29) is 11.7 Å². The van der Waals surface area contributed by atoms with Crippen LogP contribution in [-0.2, 0) is 4.79 Å². The Morgan fingerprint density at radius 1 is 1.25 bits per heavy atom. The second kappa shape index (κ2) is 8.38. The molecule has 0 saturated carbocycles. The molecule has 4 rings (SSSR count). The van der Waals surface area contributed by atoms with E-state index in [4.69, 9.17) is 9.47 Å². The number of nitrogens with one attached hydrogen (secondary N) is 1. The lowest BCUT2D eigenvalue weighted by molar-refractivity contribution is -0.123. The van der Waals surface area contributed by atoms with Gasteiger partial charge in [0, 0.05) is 38.5 Å². The standard InChI is InChI=1S/C21H26N3O3P/c1-3-27-18-12-15(4-6-17(18)26-2)19-13-20(25)24-14-16(5-7-21(24)28-19)23-10-8-22-9-11-23/h4-7,12-14,21-22,28H,3,8-11H2,1-2H3. The summed E-state index contributed by atoms with van der Waals surface area (Å²) < 4.78 is 11.1. The summed E-state index contributed by atoms with van der Waals surface area (Å²) in [4.78, 5) is 17.1. The highest BCUT2D eigenvalue weighted by Crippen LogP contribution is 2.46. The number of ether oxygens (including phenoxy) is 2. The Morgan fingerprint density at radius 3 is 2.82 bits per heavy atom. The first-order chi connectivity index (χ1) is 13.7. The molecular weight excluding hydrogens is 373 g/mol. The Kier molecular flexibility index (Phi) is 5.69. The molecular formula is C21H26N3O3P. The molecule has 1 aromatic carbocycles. The first-order valence-electron chi connectivity index (χ1n) is 9.67. The summed E-state index contributed by atoms with van der Waals surface area (Å²) >= 11 is 0. The van der Waals surface area contributed by atoms with Gasteiger partial charge in [0.1, 0.15) is 0 Å². The van der Waals surface area contributed by atoms with Crippen molar-refractivity contribution < 1.29 is 14.3 Å². The van der Waals surface area contributed by atoms with E-state index in [9.17, 15) is 4.79 Å². The van der Waals surface area contributed by atoms with Gasteiger partial charge in [0.05, 0.1) is 25.2 Å². The van der Waals surface area contributed by atoms with E-state index in [0.29, 0.717) is 26.7 Å². The molecule has 3 heterocycles. The number of methoxy groups -OCH3 is 1. The zero-order valence-electron chi connectivity index (χ0n) is 16.3. The molecule has 0 aliphatic carbocycles. The number of nitrogens with zero attached hydrogens (tertiary/aromatic N) is 2. The number of hydrogen-bond donors (Lipinski definition) is 1. The highest BCUT2D eigenvalue weighted by atomic mass is 31.1. The summed E-state index contributed by atoms with van der Waals surface area (Å²) in [7, 11) is 2.12. The van der Waals surface area contributed by atoms with Crippen molar-refractivity contribution in [2.24, 2.45) is 0 Å². The molecule has 28 heavy (non-hydrogen) atoms. The van der Waals surface area contributed by atoms with Crippen LogP contribution >= 0.6 is 8.58 Å². The summed E-state index contributed by atoms with van der Waals surface area (Å²) in [6, 6.07) is 5.87. The Balaban J connectivity index is 1.57. The molecule has 0 spiro atoms. The van der Waals surface area contributed by atoms with Gasteiger partial charge in [-0.1, -0.05) is 20.7 Å². The van der Waals surface area contributed by atoms with Crippen LogP contribution in [0.1, 0.15) is 12.5 Å². The summed E-state index contributed by atoms with van der Waals surface area (Å²) in [5, 5.41) is 4.42. The Morgan fingerprint density at radius 2 is 2.07 bits per heavy atom. The van der Waals surface area contributed by atoms with Gasteiger partial charge in [0.25, 0.3) is 5.91 Å². The predicted molar refractivity (Wildman–Crippen MR) is 113 cm³/mol. The molecule has 7 heteroatoms. The highest BCUT2D eigenvalue weighted by Gasteiger charge is 2.30. The van der Waals surface area contributed by atoms with Crippen LogP contribution in [0.2, 0.25) is 0 Å². The average molecular weight is 399 g/mol. The summed E-state index contributed by atoms with van der Waals surface area (Å²) in [5.41, 5.74) is 2.14. The van der Waals surface area contributed by atoms with Crippen LogP contribution in [0.4, 0.5) is 0 Å². The molecule has 2 atom stereocenters. The van der Waals surface area contributed by atoms with E-state index in [1.54, 1.807) is 13.2 Å². The quantitative estimate of drug-likeness (QED) is 0.772. The van der Waals surface area contributed by atoms with Crippen molar-refractivity contribution in [3.63, 3.8) is 0 Å². The fourth-order valence-electron chi connectivity index (χ4n) is 3.65. The van der Waals surface area contributed by atoms with Gasteiger partial charge in [-0.05, 0) is 36.0 Å². The van der Waals surface area contributed by atoms with Crippen molar-refractivity contribution in [3.8, 4) is 11.5 Å². The van der Waals surface area contributed by atoms with Crippen molar-refractivity contribution in [3.05, 3.63) is 53.9 Å². The van der Waals surface area contributed by atoms with Crippen LogP contribution in [0.15, 0.2) is 48.3 Å². The fraction of sp³-hybridized carbons (Fsp3) is 0.381. The highest BCUT2D eigenvalue weighted by molar-refractivity contribution is 7.51. The maximum atomic E-state index is 12.9. The Labute approximate surface area is 167 Å². The smallest absolute Gasteiger partial charge is 0.252 e. The summed E-state index contributed by atoms with van der Waals surface area (Å²) in [6.45, 7) is 6.42. The molecule has 2 unspecified atom stereocenters. The van der Waals surface area contributed by atoms with E-state index in [0.717, 1.165) is 42.8 Å². The molecule has 1 saturated heterocycles. The number of allylic oxidation sites excluding steroid dienone is 1. The van der Waals surface area contributed by atoms with Crippen LogP contribution in [0, 0.1) is 0 Å². The van der Waals surface area contributed by atoms with E-state index in [2.05, 4.69) is 22.4 Å². The minimum absolute atomic E-state index is 0.0320. The Hall–Kier alpha value is -2.30. The zero-order valence-corrected chi connectivity index (χ0v) is 17.3.